The highest BCUT2D eigenvalue weighted by Gasteiger charge is 2.13. The number of pyridine rings is 1. The lowest BCUT2D eigenvalue weighted by Gasteiger charge is -2.21. The van der Waals surface area contributed by atoms with Crippen LogP contribution in [0, 0.1) is 5.92 Å². The minimum atomic E-state index is -0.254. The van der Waals surface area contributed by atoms with Gasteiger partial charge in [-0.05, 0) is 51.7 Å². The zero-order valence-electron chi connectivity index (χ0n) is 18.1. The average molecular weight is 505 g/mol. The molecule has 28 heavy (non-hydrogen) atoms. The van der Waals surface area contributed by atoms with Crippen molar-refractivity contribution >= 4 is 35.8 Å². The molecule has 1 rings (SSSR count). The molecule has 0 fully saturated rings. The van der Waals surface area contributed by atoms with Crippen molar-refractivity contribution in [2.45, 2.75) is 66.2 Å². The molecule has 0 aliphatic carbocycles. The molecule has 0 aliphatic rings. The largest absolute Gasteiger partial charge is 0.475 e. The summed E-state index contributed by atoms with van der Waals surface area (Å²) >= 11 is 0. The van der Waals surface area contributed by atoms with Crippen LogP contribution in [0.25, 0.3) is 0 Å². The van der Waals surface area contributed by atoms with Crippen molar-refractivity contribution in [1.29, 1.82) is 0 Å². The summed E-state index contributed by atoms with van der Waals surface area (Å²) in [5, 5.41) is 9.10. The number of hydrogen-bond acceptors (Lipinski definition) is 4. The van der Waals surface area contributed by atoms with E-state index in [1.165, 1.54) is 0 Å². The molecule has 0 bridgehead atoms. The summed E-state index contributed by atoms with van der Waals surface area (Å²) in [7, 11) is 1.67. The molecule has 3 N–H and O–H groups in total. The molecular weight excluding hydrogens is 469 g/mol. The molecule has 160 valence electrons. The maximum absolute atomic E-state index is 11.9. The van der Waals surface area contributed by atoms with E-state index in [0.717, 1.165) is 12.0 Å². The standard InChI is InChI=1S/C20H35N5O2.HI/c1-14(2)10-15(3)27-18-11-16(8-9-22-18)12-23-19(21-7)24-13-17(26)25-20(4,5)6;/h8-9,11,14-15H,10,12-13H2,1-7H3,(H,25,26)(H2,21,23,24);1H. The zero-order chi connectivity index (χ0) is 20.4. The second kappa shape index (κ2) is 12.8. The van der Waals surface area contributed by atoms with Crippen LogP contribution in [0.2, 0.25) is 0 Å². The van der Waals surface area contributed by atoms with Crippen molar-refractivity contribution in [2.24, 2.45) is 10.9 Å². The predicted octanol–water partition coefficient (Wildman–Crippen LogP) is 3.09. The number of halogens is 1. The Morgan fingerprint density at radius 1 is 1.25 bits per heavy atom. The van der Waals surface area contributed by atoms with Crippen LogP contribution in [0.5, 0.6) is 5.88 Å². The van der Waals surface area contributed by atoms with Gasteiger partial charge in [0.15, 0.2) is 5.96 Å². The number of hydrogen-bond donors (Lipinski definition) is 3. The SMILES string of the molecule is CN=C(NCC(=O)NC(C)(C)C)NCc1ccnc(OC(C)CC(C)C)c1.I. The lowest BCUT2D eigenvalue weighted by Crippen LogP contribution is -2.48. The van der Waals surface area contributed by atoms with Gasteiger partial charge >= 0.3 is 0 Å². The summed E-state index contributed by atoms with van der Waals surface area (Å²) in [6.07, 6.45) is 2.84. The summed E-state index contributed by atoms with van der Waals surface area (Å²) in [4.78, 5) is 20.3. The highest BCUT2D eigenvalue weighted by molar-refractivity contribution is 14.0. The molecule has 0 saturated carbocycles. The van der Waals surface area contributed by atoms with Gasteiger partial charge in [0.05, 0.1) is 12.6 Å². The Morgan fingerprint density at radius 3 is 2.50 bits per heavy atom. The second-order valence-corrected chi connectivity index (χ2v) is 8.14. The van der Waals surface area contributed by atoms with Gasteiger partial charge in [0.25, 0.3) is 0 Å². The number of aliphatic imine (C=N–C) groups is 1. The van der Waals surface area contributed by atoms with Gasteiger partial charge < -0.3 is 20.7 Å². The van der Waals surface area contributed by atoms with E-state index in [9.17, 15) is 4.79 Å². The van der Waals surface area contributed by atoms with E-state index in [1.54, 1.807) is 13.2 Å². The fraction of sp³-hybridized carbons (Fsp3) is 0.650. The Labute approximate surface area is 186 Å². The molecule has 0 aliphatic heterocycles. The topological polar surface area (TPSA) is 87.6 Å². The van der Waals surface area contributed by atoms with Crippen molar-refractivity contribution in [3.63, 3.8) is 0 Å². The summed E-state index contributed by atoms with van der Waals surface area (Å²) in [6, 6.07) is 3.84. The first-order valence-corrected chi connectivity index (χ1v) is 9.46. The number of amides is 1. The lowest BCUT2D eigenvalue weighted by molar-refractivity contribution is -0.121. The van der Waals surface area contributed by atoms with Crippen LogP contribution >= 0.6 is 24.0 Å². The van der Waals surface area contributed by atoms with E-state index in [0.29, 0.717) is 24.3 Å². The van der Waals surface area contributed by atoms with Crippen molar-refractivity contribution in [2.75, 3.05) is 13.6 Å². The number of nitrogens with one attached hydrogen (secondary N) is 3. The molecular formula is C20H36IN5O2. The number of aromatic nitrogens is 1. The first-order chi connectivity index (χ1) is 12.6. The third kappa shape index (κ3) is 12.0. The summed E-state index contributed by atoms with van der Waals surface area (Å²) in [5.41, 5.74) is 0.773. The Hall–Kier alpha value is -1.58. The maximum Gasteiger partial charge on any atom is 0.239 e. The van der Waals surface area contributed by atoms with Crippen LogP contribution in [0.15, 0.2) is 23.3 Å². The quantitative estimate of drug-likeness (QED) is 0.287. The molecule has 7 nitrogen and oxygen atoms in total. The molecule has 1 amide bonds. The smallest absolute Gasteiger partial charge is 0.239 e. The van der Waals surface area contributed by atoms with Crippen LogP contribution in [0.4, 0.5) is 0 Å². The van der Waals surface area contributed by atoms with E-state index in [2.05, 4.69) is 46.7 Å². The van der Waals surface area contributed by atoms with E-state index in [1.807, 2.05) is 32.9 Å². The van der Waals surface area contributed by atoms with E-state index >= 15 is 0 Å². The van der Waals surface area contributed by atoms with Crippen molar-refractivity contribution in [3.8, 4) is 5.88 Å². The fourth-order valence-electron chi connectivity index (χ4n) is 2.58. The molecule has 0 spiro atoms. The minimum Gasteiger partial charge on any atom is -0.475 e. The fourth-order valence-corrected chi connectivity index (χ4v) is 2.58. The van der Waals surface area contributed by atoms with Crippen LogP contribution in [-0.2, 0) is 11.3 Å². The molecule has 1 aromatic rings. The number of nitrogens with zero attached hydrogens (tertiary/aromatic N) is 2. The highest BCUT2D eigenvalue weighted by Crippen LogP contribution is 2.14. The zero-order valence-corrected chi connectivity index (χ0v) is 20.5. The van der Waals surface area contributed by atoms with Crippen molar-refractivity contribution in [3.05, 3.63) is 23.9 Å². The van der Waals surface area contributed by atoms with Crippen LogP contribution < -0.4 is 20.7 Å². The Balaban J connectivity index is 0.00000729. The van der Waals surface area contributed by atoms with Gasteiger partial charge in [-0.2, -0.15) is 0 Å². The number of ether oxygens (including phenoxy) is 1. The number of guanidine groups is 1. The highest BCUT2D eigenvalue weighted by atomic mass is 127. The Bertz CT molecular complexity index is 629. The van der Waals surface area contributed by atoms with Crippen molar-refractivity contribution in [1.82, 2.24) is 20.9 Å². The summed E-state index contributed by atoms with van der Waals surface area (Å²) in [5.74, 6) is 1.68. The second-order valence-electron chi connectivity index (χ2n) is 8.14. The van der Waals surface area contributed by atoms with Gasteiger partial charge in [-0.25, -0.2) is 4.98 Å². The maximum atomic E-state index is 11.9. The molecule has 1 atom stereocenters. The first-order valence-electron chi connectivity index (χ1n) is 9.46. The van der Waals surface area contributed by atoms with Gasteiger partial charge in [0.2, 0.25) is 11.8 Å². The molecule has 0 saturated heterocycles. The average Bonchev–Trinajstić information content (AvgIpc) is 2.52. The normalized spacial score (nSPS) is 12.8. The lowest BCUT2D eigenvalue weighted by atomic mass is 10.1. The van der Waals surface area contributed by atoms with Crippen LogP contribution in [0.3, 0.4) is 0 Å². The third-order valence-electron chi connectivity index (χ3n) is 3.54. The number of rotatable bonds is 8. The molecule has 1 unspecified atom stereocenters. The van der Waals surface area contributed by atoms with Crippen LogP contribution in [-0.4, -0.2) is 42.1 Å². The molecule has 0 aromatic carbocycles. The minimum absolute atomic E-state index is 0. The summed E-state index contributed by atoms with van der Waals surface area (Å²) < 4.78 is 5.89. The predicted molar refractivity (Wildman–Crippen MR) is 125 cm³/mol. The van der Waals surface area contributed by atoms with Gasteiger partial charge in [-0.1, -0.05) is 13.8 Å². The monoisotopic (exact) mass is 505 g/mol. The number of carbonyl (C=O) groups excluding carboxylic acids is 1. The van der Waals surface area contributed by atoms with Gasteiger partial charge in [0, 0.05) is 31.4 Å². The Morgan fingerprint density at radius 2 is 1.93 bits per heavy atom. The van der Waals surface area contributed by atoms with E-state index in [4.69, 9.17) is 4.74 Å². The van der Waals surface area contributed by atoms with Gasteiger partial charge in [-0.3, -0.25) is 9.79 Å². The van der Waals surface area contributed by atoms with E-state index < -0.39 is 0 Å². The molecule has 8 heteroatoms. The van der Waals surface area contributed by atoms with Crippen molar-refractivity contribution < 1.29 is 9.53 Å². The van der Waals surface area contributed by atoms with Crippen LogP contribution in [0.1, 0.15) is 53.5 Å². The van der Waals surface area contributed by atoms with Gasteiger partial charge in [-0.15, -0.1) is 24.0 Å². The molecule has 0 radical (unpaired) electrons. The third-order valence-corrected chi connectivity index (χ3v) is 3.54. The first kappa shape index (κ1) is 26.4. The molecule has 1 aromatic heterocycles. The van der Waals surface area contributed by atoms with E-state index in [-0.39, 0.29) is 48.1 Å². The summed E-state index contributed by atoms with van der Waals surface area (Å²) in [6.45, 7) is 13.0. The molecule has 1 heterocycles. The van der Waals surface area contributed by atoms with Gasteiger partial charge in [0.1, 0.15) is 0 Å². The number of carbonyl (C=O) groups is 1. The Kier molecular flexibility index (Phi) is 12.1.